The number of likely N-dealkylation sites (tertiary alicyclic amines) is 1. The molecule has 2 rings (SSSR count). The largest absolute Gasteiger partial charge is 0.450 e. The zero-order valence-corrected chi connectivity index (χ0v) is 8.61. The van der Waals surface area contributed by atoms with Crippen LogP contribution in [0.2, 0.25) is 0 Å². The Labute approximate surface area is 87.4 Å². The second-order valence-electron chi connectivity index (χ2n) is 3.99. The Balaban J connectivity index is 2.14. The summed E-state index contributed by atoms with van der Waals surface area (Å²) in [4.78, 5) is 24.3. The monoisotopic (exact) mass is 215 g/mol. The van der Waals surface area contributed by atoms with Crippen LogP contribution in [-0.4, -0.2) is 42.1 Å². The number of ether oxygens (including phenoxy) is 1. The van der Waals surface area contributed by atoms with Crippen molar-refractivity contribution >= 4 is 11.9 Å². The zero-order valence-electron chi connectivity index (χ0n) is 8.61. The fourth-order valence-corrected chi connectivity index (χ4v) is 2.36. The van der Waals surface area contributed by atoms with E-state index in [-0.39, 0.29) is 18.3 Å². The molecular formula is C10H14FNO3. The zero-order chi connectivity index (χ0) is 11.0. The summed E-state index contributed by atoms with van der Waals surface area (Å²) < 4.78 is 18.3. The Morgan fingerprint density at radius 3 is 3.00 bits per heavy atom. The van der Waals surface area contributed by atoms with Gasteiger partial charge in [-0.2, -0.15) is 0 Å². The van der Waals surface area contributed by atoms with E-state index in [9.17, 15) is 14.0 Å². The average Bonchev–Trinajstić information content (AvgIpc) is 2.40. The summed E-state index contributed by atoms with van der Waals surface area (Å²) in [6.45, 7) is 2.26. The molecule has 84 valence electrons. The number of hydrogen-bond donors (Lipinski definition) is 0. The molecule has 2 fully saturated rings. The molecule has 0 aromatic rings. The summed E-state index contributed by atoms with van der Waals surface area (Å²) in [6.07, 6.45) is -0.868. The molecule has 2 unspecified atom stereocenters. The van der Waals surface area contributed by atoms with Crippen LogP contribution in [0.3, 0.4) is 0 Å². The van der Waals surface area contributed by atoms with Crippen molar-refractivity contribution in [1.82, 2.24) is 4.90 Å². The van der Waals surface area contributed by atoms with Crippen molar-refractivity contribution in [3.8, 4) is 0 Å². The molecule has 0 aromatic heterocycles. The highest BCUT2D eigenvalue weighted by atomic mass is 19.1. The number of hydrogen-bond acceptors (Lipinski definition) is 3. The third-order valence-corrected chi connectivity index (χ3v) is 3.08. The fraction of sp³-hybridized carbons (Fsp3) is 0.800. The molecule has 4 nitrogen and oxygen atoms in total. The molecule has 0 N–H and O–H groups in total. The van der Waals surface area contributed by atoms with E-state index in [1.165, 1.54) is 4.90 Å². The molecule has 1 amide bonds. The number of Topliss-reactive ketones (excluding diaryl/α,β-unsaturated/α-hetero) is 1. The molecule has 1 heterocycles. The maximum atomic E-state index is 13.5. The number of fused-ring (bicyclic) bond motifs is 2. The maximum Gasteiger partial charge on any atom is 0.410 e. The highest BCUT2D eigenvalue weighted by molar-refractivity contribution is 5.93. The molecule has 0 aromatic carbocycles. The van der Waals surface area contributed by atoms with Crippen molar-refractivity contribution in [3.63, 3.8) is 0 Å². The van der Waals surface area contributed by atoms with Gasteiger partial charge in [0.25, 0.3) is 0 Å². The average molecular weight is 215 g/mol. The second-order valence-corrected chi connectivity index (χ2v) is 3.99. The summed E-state index contributed by atoms with van der Waals surface area (Å²) in [6, 6.07) is -0.886. The van der Waals surface area contributed by atoms with Gasteiger partial charge >= 0.3 is 6.09 Å². The van der Waals surface area contributed by atoms with Crippen molar-refractivity contribution < 1.29 is 18.7 Å². The highest BCUT2D eigenvalue weighted by Crippen LogP contribution is 2.34. The smallest absolute Gasteiger partial charge is 0.410 e. The summed E-state index contributed by atoms with van der Waals surface area (Å²) in [5.74, 6) is -0.312. The minimum absolute atomic E-state index is 0.137. The van der Waals surface area contributed by atoms with Gasteiger partial charge in [-0.05, 0) is 19.8 Å². The van der Waals surface area contributed by atoms with E-state index in [0.717, 1.165) is 0 Å². The first-order valence-electron chi connectivity index (χ1n) is 5.26. The van der Waals surface area contributed by atoms with Crippen molar-refractivity contribution in [1.29, 1.82) is 0 Å². The molecular weight excluding hydrogens is 201 g/mol. The van der Waals surface area contributed by atoms with E-state index >= 15 is 0 Å². The first-order valence-corrected chi connectivity index (χ1v) is 5.26. The van der Waals surface area contributed by atoms with Gasteiger partial charge < -0.3 is 4.74 Å². The molecule has 1 saturated carbocycles. The second kappa shape index (κ2) is 3.79. The molecule has 15 heavy (non-hydrogen) atoms. The third kappa shape index (κ3) is 1.60. The molecule has 0 spiro atoms. The van der Waals surface area contributed by atoms with Crippen LogP contribution in [0.4, 0.5) is 9.18 Å². The van der Waals surface area contributed by atoms with Gasteiger partial charge in [-0.15, -0.1) is 0 Å². The van der Waals surface area contributed by atoms with Crippen LogP contribution in [0.5, 0.6) is 0 Å². The Kier molecular flexibility index (Phi) is 2.63. The molecule has 0 radical (unpaired) electrons. The fourth-order valence-electron chi connectivity index (χ4n) is 2.36. The van der Waals surface area contributed by atoms with Gasteiger partial charge in [-0.25, -0.2) is 9.18 Å². The Hall–Kier alpha value is -1.13. The predicted octanol–water partition coefficient (Wildman–Crippen LogP) is 1.14. The first kappa shape index (κ1) is 10.4. The topological polar surface area (TPSA) is 46.6 Å². The normalized spacial score (nSPS) is 34.4. The van der Waals surface area contributed by atoms with E-state index in [0.29, 0.717) is 19.4 Å². The number of rotatable bonds is 1. The predicted molar refractivity (Wildman–Crippen MR) is 50.1 cm³/mol. The molecule has 2 bridgehead atoms. The SMILES string of the molecule is CCOC(=O)N1CC2CC[C@@H](F)C1C2=O. The lowest BCUT2D eigenvalue weighted by atomic mass is 9.88. The number of alkyl halides is 1. The summed E-state index contributed by atoms with van der Waals surface area (Å²) >= 11 is 0. The number of carbonyl (C=O) groups excluding carboxylic acids is 2. The quantitative estimate of drug-likeness (QED) is 0.659. The summed E-state index contributed by atoms with van der Waals surface area (Å²) in [7, 11) is 0. The van der Waals surface area contributed by atoms with Crippen molar-refractivity contribution in [2.24, 2.45) is 5.92 Å². The van der Waals surface area contributed by atoms with Gasteiger partial charge in [0.05, 0.1) is 6.61 Å². The molecule has 2 aliphatic rings. The lowest BCUT2D eigenvalue weighted by Gasteiger charge is -2.25. The van der Waals surface area contributed by atoms with Crippen molar-refractivity contribution in [3.05, 3.63) is 0 Å². The summed E-state index contributed by atoms with van der Waals surface area (Å²) in [5.41, 5.74) is 0. The van der Waals surface area contributed by atoms with Gasteiger partial charge in [0.1, 0.15) is 12.2 Å². The Morgan fingerprint density at radius 2 is 2.33 bits per heavy atom. The van der Waals surface area contributed by atoms with Crippen LogP contribution in [0, 0.1) is 5.92 Å². The Bertz CT molecular complexity index is 294. The van der Waals surface area contributed by atoms with Crippen LogP contribution in [0.15, 0.2) is 0 Å². The van der Waals surface area contributed by atoms with Gasteiger partial charge in [-0.3, -0.25) is 9.69 Å². The highest BCUT2D eigenvalue weighted by Gasteiger charge is 2.50. The van der Waals surface area contributed by atoms with E-state index in [1.54, 1.807) is 6.92 Å². The number of nitrogens with zero attached hydrogens (tertiary/aromatic N) is 1. The summed E-state index contributed by atoms with van der Waals surface area (Å²) in [5, 5.41) is 0. The van der Waals surface area contributed by atoms with E-state index in [1.807, 2.05) is 0 Å². The lowest BCUT2D eigenvalue weighted by Crippen LogP contribution is -2.45. The number of amides is 1. The lowest BCUT2D eigenvalue weighted by molar-refractivity contribution is -0.126. The third-order valence-electron chi connectivity index (χ3n) is 3.08. The van der Waals surface area contributed by atoms with Gasteiger partial charge in [0, 0.05) is 12.5 Å². The molecule has 3 atom stereocenters. The first-order chi connectivity index (χ1) is 7.15. The molecule has 1 saturated heterocycles. The number of ketones is 1. The maximum absolute atomic E-state index is 13.5. The van der Waals surface area contributed by atoms with E-state index < -0.39 is 18.3 Å². The molecule has 1 aliphatic carbocycles. The standard InChI is InChI=1S/C10H14FNO3/c1-2-15-10(14)12-5-6-3-4-7(11)8(12)9(6)13/h6-8H,2-5H2,1H3/t6?,7-,8?/m1/s1. The minimum atomic E-state index is -1.22. The van der Waals surface area contributed by atoms with Crippen molar-refractivity contribution in [2.75, 3.05) is 13.2 Å². The van der Waals surface area contributed by atoms with Gasteiger partial charge in [0.2, 0.25) is 0 Å². The minimum Gasteiger partial charge on any atom is -0.450 e. The number of carbonyl (C=O) groups is 2. The van der Waals surface area contributed by atoms with Crippen molar-refractivity contribution in [2.45, 2.75) is 32.0 Å². The van der Waals surface area contributed by atoms with Gasteiger partial charge in [-0.1, -0.05) is 0 Å². The van der Waals surface area contributed by atoms with Crippen LogP contribution < -0.4 is 0 Å². The molecule has 1 aliphatic heterocycles. The molecule has 5 heteroatoms. The van der Waals surface area contributed by atoms with Gasteiger partial charge in [0.15, 0.2) is 5.78 Å². The van der Waals surface area contributed by atoms with Crippen LogP contribution in [0.25, 0.3) is 0 Å². The van der Waals surface area contributed by atoms with Crippen LogP contribution in [0.1, 0.15) is 19.8 Å². The van der Waals surface area contributed by atoms with Crippen LogP contribution >= 0.6 is 0 Å². The van der Waals surface area contributed by atoms with Crippen LogP contribution in [-0.2, 0) is 9.53 Å². The number of halogens is 1. The van der Waals surface area contributed by atoms with E-state index in [2.05, 4.69) is 0 Å². The Morgan fingerprint density at radius 1 is 1.60 bits per heavy atom. The van der Waals surface area contributed by atoms with E-state index in [4.69, 9.17) is 4.74 Å².